The number of nitrogens with one attached hydrogen (secondary N) is 1. The summed E-state index contributed by atoms with van der Waals surface area (Å²) in [5, 5.41) is 4.02. The Kier molecular flexibility index (Phi) is 5.00. The monoisotopic (exact) mass is 472 g/mol. The zero-order chi connectivity index (χ0) is 23.4. The number of anilines is 2. The molecule has 0 radical (unpaired) electrons. The fraction of sp³-hybridized carbons (Fsp3) is 0.261. The van der Waals surface area contributed by atoms with Crippen LogP contribution in [-0.4, -0.2) is 39.9 Å². The van der Waals surface area contributed by atoms with Crippen molar-refractivity contribution in [2.45, 2.75) is 35.3 Å². The Morgan fingerprint density at radius 3 is 2.45 bits per heavy atom. The van der Waals surface area contributed by atoms with Gasteiger partial charge in [-0.1, -0.05) is 6.07 Å². The summed E-state index contributed by atoms with van der Waals surface area (Å²) in [4.78, 5) is 33.7. The Hall–Kier alpha value is -3.27. The fourth-order valence-corrected chi connectivity index (χ4v) is 4.89. The lowest BCUT2D eigenvalue weighted by atomic mass is 10.1. The summed E-state index contributed by atoms with van der Waals surface area (Å²) in [6.45, 7) is 0.223. The first-order valence-electron chi connectivity index (χ1n) is 10.3. The van der Waals surface area contributed by atoms with Gasteiger partial charge in [0, 0.05) is 35.8 Å². The van der Waals surface area contributed by atoms with Gasteiger partial charge in [-0.2, -0.15) is 13.2 Å². The molecule has 5 rings (SSSR count). The Labute approximate surface area is 191 Å². The number of thioether (sulfide) groups is 1. The first-order chi connectivity index (χ1) is 15.7. The molecule has 1 spiro atoms. The van der Waals surface area contributed by atoms with Crippen LogP contribution in [0, 0.1) is 0 Å². The molecule has 0 atom stereocenters. The van der Waals surface area contributed by atoms with Gasteiger partial charge in [0.25, 0.3) is 5.91 Å². The number of rotatable bonds is 5. The van der Waals surface area contributed by atoms with E-state index in [4.69, 9.17) is 0 Å². The number of carbonyl (C=O) groups is 2. The van der Waals surface area contributed by atoms with Crippen molar-refractivity contribution in [1.82, 2.24) is 9.88 Å². The van der Waals surface area contributed by atoms with Gasteiger partial charge in [-0.3, -0.25) is 9.78 Å². The number of fused-ring (bicyclic) bond motifs is 1. The number of hydrogen-bond acceptors (Lipinski definition) is 5. The molecule has 1 aliphatic heterocycles. The van der Waals surface area contributed by atoms with Gasteiger partial charge in [-0.05, 0) is 72.6 Å². The number of alkyl halides is 3. The van der Waals surface area contributed by atoms with Crippen molar-refractivity contribution in [1.29, 1.82) is 0 Å². The normalized spacial score (nSPS) is 17.3. The van der Waals surface area contributed by atoms with Gasteiger partial charge < -0.3 is 10.2 Å². The minimum atomic E-state index is -4.41. The van der Waals surface area contributed by atoms with Crippen LogP contribution in [0.15, 0.2) is 59.6 Å². The SMILES string of the molecule is CNc1cccc2nccc(CN3C(=O)N(c4ccc(SC(F)(F)F)cc4)C(=O)C34CC4)c12. The molecule has 1 N–H and O–H groups in total. The lowest BCUT2D eigenvalue weighted by molar-refractivity contribution is -0.120. The highest BCUT2D eigenvalue weighted by Crippen LogP contribution is 2.50. The highest BCUT2D eigenvalue weighted by atomic mass is 32.2. The number of pyridine rings is 1. The van der Waals surface area contributed by atoms with Crippen LogP contribution in [0.4, 0.5) is 29.3 Å². The van der Waals surface area contributed by atoms with Crippen LogP contribution in [0.5, 0.6) is 0 Å². The molecule has 6 nitrogen and oxygen atoms in total. The van der Waals surface area contributed by atoms with Gasteiger partial charge >= 0.3 is 11.5 Å². The van der Waals surface area contributed by atoms with Gasteiger partial charge in [0.1, 0.15) is 5.54 Å². The van der Waals surface area contributed by atoms with Crippen molar-refractivity contribution >= 4 is 46.0 Å². The van der Waals surface area contributed by atoms with Crippen molar-refractivity contribution in [3.63, 3.8) is 0 Å². The van der Waals surface area contributed by atoms with E-state index in [1.165, 1.54) is 24.3 Å². The summed E-state index contributed by atoms with van der Waals surface area (Å²) in [5.41, 5.74) is -2.54. The van der Waals surface area contributed by atoms with Crippen LogP contribution in [0.2, 0.25) is 0 Å². The predicted octanol–water partition coefficient (Wildman–Crippen LogP) is 5.39. The van der Waals surface area contributed by atoms with Crippen molar-refractivity contribution in [2.24, 2.45) is 0 Å². The van der Waals surface area contributed by atoms with Gasteiger partial charge in [0.15, 0.2) is 0 Å². The number of benzene rings is 2. The second-order valence-electron chi connectivity index (χ2n) is 8.00. The van der Waals surface area contributed by atoms with Gasteiger partial charge in [-0.25, -0.2) is 9.69 Å². The molecule has 2 fully saturated rings. The van der Waals surface area contributed by atoms with Crippen LogP contribution in [-0.2, 0) is 11.3 Å². The van der Waals surface area contributed by atoms with Crippen LogP contribution >= 0.6 is 11.8 Å². The number of hydrogen-bond donors (Lipinski definition) is 1. The predicted molar refractivity (Wildman–Crippen MR) is 120 cm³/mol. The third kappa shape index (κ3) is 3.68. The van der Waals surface area contributed by atoms with Gasteiger partial charge in [-0.15, -0.1) is 0 Å². The second-order valence-corrected chi connectivity index (χ2v) is 9.14. The maximum Gasteiger partial charge on any atom is 0.446 e. The average Bonchev–Trinajstić information content (AvgIpc) is 3.55. The number of imide groups is 1. The molecule has 170 valence electrons. The van der Waals surface area contributed by atoms with Crippen molar-refractivity contribution < 1.29 is 22.8 Å². The lowest BCUT2D eigenvalue weighted by Gasteiger charge is -2.22. The summed E-state index contributed by atoms with van der Waals surface area (Å²) in [7, 11) is 1.81. The second kappa shape index (κ2) is 7.65. The minimum Gasteiger partial charge on any atom is -0.388 e. The molecule has 2 aromatic carbocycles. The lowest BCUT2D eigenvalue weighted by Crippen LogP contribution is -2.36. The molecule has 3 amide bonds. The summed E-state index contributed by atoms with van der Waals surface area (Å²) in [6, 6.07) is 12.4. The number of amides is 3. The molecule has 2 aliphatic rings. The summed E-state index contributed by atoms with van der Waals surface area (Å²) < 4.78 is 37.9. The molecule has 1 saturated carbocycles. The maximum atomic E-state index is 13.4. The van der Waals surface area contributed by atoms with E-state index in [0.717, 1.165) is 27.1 Å². The molecule has 0 bridgehead atoms. The topological polar surface area (TPSA) is 65.5 Å². The van der Waals surface area contributed by atoms with E-state index < -0.39 is 17.1 Å². The zero-order valence-electron chi connectivity index (χ0n) is 17.5. The van der Waals surface area contributed by atoms with E-state index >= 15 is 0 Å². The molecular formula is C23H19F3N4O2S. The molecule has 2 heterocycles. The molecule has 1 saturated heterocycles. The Morgan fingerprint density at radius 1 is 1.09 bits per heavy atom. The van der Waals surface area contributed by atoms with Crippen LogP contribution in [0.25, 0.3) is 10.9 Å². The van der Waals surface area contributed by atoms with E-state index in [2.05, 4.69) is 10.3 Å². The summed E-state index contributed by atoms with van der Waals surface area (Å²) in [5.74, 6) is -0.337. The highest BCUT2D eigenvalue weighted by molar-refractivity contribution is 8.00. The van der Waals surface area contributed by atoms with Crippen LogP contribution in [0.1, 0.15) is 18.4 Å². The van der Waals surface area contributed by atoms with E-state index in [9.17, 15) is 22.8 Å². The highest BCUT2D eigenvalue weighted by Gasteiger charge is 2.65. The van der Waals surface area contributed by atoms with Gasteiger partial charge in [0.2, 0.25) is 0 Å². The smallest absolute Gasteiger partial charge is 0.388 e. The summed E-state index contributed by atoms with van der Waals surface area (Å²) >= 11 is -0.238. The largest absolute Gasteiger partial charge is 0.446 e. The Morgan fingerprint density at radius 2 is 1.82 bits per heavy atom. The third-order valence-electron chi connectivity index (χ3n) is 6.04. The zero-order valence-corrected chi connectivity index (χ0v) is 18.3. The van der Waals surface area contributed by atoms with Crippen molar-refractivity contribution in [3.8, 4) is 0 Å². The van der Waals surface area contributed by atoms with Crippen molar-refractivity contribution in [2.75, 3.05) is 17.3 Å². The molecule has 3 aromatic rings. The molecule has 0 unspecified atom stereocenters. The van der Waals surface area contributed by atoms with E-state index in [0.29, 0.717) is 12.8 Å². The Balaban J connectivity index is 1.47. The van der Waals surface area contributed by atoms with Crippen LogP contribution < -0.4 is 10.2 Å². The fourth-order valence-electron chi connectivity index (χ4n) is 4.35. The minimum absolute atomic E-state index is 0.00816. The maximum absolute atomic E-state index is 13.4. The molecule has 1 aromatic heterocycles. The van der Waals surface area contributed by atoms with Crippen LogP contribution in [0.3, 0.4) is 0 Å². The first-order valence-corrected chi connectivity index (χ1v) is 11.1. The average molecular weight is 472 g/mol. The quantitative estimate of drug-likeness (QED) is 0.399. The standard InChI is InChI=1S/C23H19F3N4O2S/c1-27-17-3-2-4-18-19(17)14(9-12-28-18)13-29-21(32)30(20(31)22(29)10-11-22)15-5-7-16(8-6-15)33-23(24,25)26/h2-9,12,27H,10-11,13H2,1H3. The molecule has 10 heteroatoms. The first kappa shape index (κ1) is 21.6. The Bertz CT molecular complexity index is 1250. The number of nitrogens with zero attached hydrogens (tertiary/aromatic N) is 3. The van der Waals surface area contributed by atoms with E-state index in [1.807, 2.05) is 24.3 Å². The van der Waals surface area contributed by atoms with E-state index in [-0.39, 0.29) is 34.8 Å². The van der Waals surface area contributed by atoms with E-state index in [1.54, 1.807) is 18.1 Å². The molecule has 33 heavy (non-hydrogen) atoms. The number of aromatic nitrogens is 1. The summed E-state index contributed by atoms with van der Waals surface area (Å²) in [6.07, 6.45) is 2.78. The molecule has 1 aliphatic carbocycles. The molecular weight excluding hydrogens is 453 g/mol. The number of carbonyl (C=O) groups excluding carboxylic acids is 2. The number of halogens is 3. The van der Waals surface area contributed by atoms with Crippen molar-refractivity contribution in [3.05, 3.63) is 60.3 Å². The van der Waals surface area contributed by atoms with Gasteiger partial charge in [0.05, 0.1) is 11.2 Å². The third-order valence-corrected chi connectivity index (χ3v) is 6.78. The number of urea groups is 1.